The van der Waals surface area contributed by atoms with E-state index in [1.165, 1.54) is 0 Å². The Morgan fingerprint density at radius 3 is 3.22 bits per heavy atom. The molecule has 0 spiro atoms. The van der Waals surface area contributed by atoms with E-state index >= 15 is 0 Å². The van der Waals surface area contributed by atoms with Gasteiger partial charge in [0.15, 0.2) is 5.76 Å². The molecule has 0 bridgehead atoms. The van der Waals surface area contributed by atoms with Crippen LogP contribution in [0.4, 0.5) is 0 Å². The number of aryl methyl sites for hydroxylation is 1. The van der Waals surface area contributed by atoms with Crippen molar-refractivity contribution >= 4 is 0 Å². The topological polar surface area (TPSA) is 65.1 Å². The Kier molecular flexibility index (Phi) is 3.12. The molecule has 18 heavy (non-hydrogen) atoms. The smallest absolute Gasteiger partial charge is 0.156 e. The molecular weight excluding hydrogens is 232 g/mol. The van der Waals surface area contributed by atoms with Gasteiger partial charge in [0.2, 0.25) is 0 Å². The summed E-state index contributed by atoms with van der Waals surface area (Å²) in [6, 6.07) is 1.93. The second-order valence-corrected chi connectivity index (χ2v) is 4.44. The van der Waals surface area contributed by atoms with E-state index < -0.39 is 0 Å². The number of aromatic nitrogens is 3. The zero-order chi connectivity index (χ0) is 12.4. The molecule has 1 unspecified atom stereocenters. The summed E-state index contributed by atoms with van der Waals surface area (Å²) in [6.07, 6.45) is 3.71. The molecule has 0 saturated carbocycles. The molecule has 1 N–H and O–H groups in total. The van der Waals surface area contributed by atoms with Gasteiger partial charge >= 0.3 is 0 Å². The number of hydrogen-bond acceptors (Lipinski definition) is 5. The third-order valence-corrected chi connectivity index (χ3v) is 3.00. The van der Waals surface area contributed by atoms with E-state index in [2.05, 4.69) is 15.5 Å². The first-order valence-electron chi connectivity index (χ1n) is 6.07. The molecule has 2 aromatic heterocycles. The van der Waals surface area contributed by atoms with Gasteiger partial charge in [0.1, 0.15) is 6.10 Å². The molecule has 0 radical (unpaired) electrons. The summed E-state index contributed by atoms with van der Waals surface area (Å²) in [5, 5.41) is 7.20. The number of morpholine rings is 1. The van der Waals surface area contributed by atoms with Crippen LogP contribution in [0.2, 0.25) is 0 Å². The Morgan fingerprint density at radius 1 is 1.56 bits per heavy atom. The largest absolute Gasteiger partial charge is 0.369 e. The summed E-state index contributed by atoms with van der Waals surface area (Å²) in [4.78, 5) is 4.19. The molecule has 1 fully saturated rings. The SMILES string of the molecule is Cc1cc(Cn2cncc2C2CNCCO2)on1. The highest BCUT2D eigenvalue weighted by Gasteiger charge is 2.19. The third-order valence-electron chi connectivity index (χ3n) is 3.00. The van der Waals surface area contributed by atoms with Crippen LogP contribution < -0.4 is 5.32 Å². The van der Waals surface area contributed by atoms with Crippen molar-refractivity contribution in [2.45, 2.75) is 19.6 Å². The van der Waals surface area contributed by atoms with Gasteiger partial charge in [-0.3, -0.25) is 0 Å². The van der Waals surface area contributed by atoms with E-state index in [4.69, 9.17) is 9.26 Å². The minimum absolute atomic E-state index is 0.0604. The molecule has 1 atom stereocenters. The van der Waals surface area contributed by atoms with E-state index in [0.717, 1.165) is 36.8 Å². The van der Waals surface area contributed by atoms with Crippen LogP contribution in [0.3, 0.4) is 0 Å². The standard InChI is InChI=1S/C12H16N4O2/c1-9-4-10(18-15-9)7-16-8-14-5-11(16)12-6-13-2-3-17-12/h4-5,8,12-13H,2-3,6-7H2,1H3. The maximum Gasteiger partial charge on any atom is 0.156 e. The van der Waals surface area contributed by atoms with Crippen molar-refractivity contribution in [2.75, 3.05) is 19.7 Å². The highest BCUT2D eigenvalue weighted by Crippen LogP contribution is 2.19. The van der Waals surface area contributed by atoms with Crippen LogP contribution in [0.5, 0.6) is 0 Å². The first kappa shape index (κ1) is 11.4. The predicted molar refractivity (Wildman–Crippen MR) is 64.1 cm³/mol. The van der Waals surface area contributed by atoms with Gasteiger partial charge in [-0.15, -0.1) is 0 Å². The quantitative estimate of drug-likeness (QED) is 0.873. The van der Waals surface area contributed by atoms with Crippen LogP contribution in [0.15, 0.2) is 23.1 Å². The minimum atomic E-state index is 0.0604. The fourth-order valence-corrected chi connectivity index (χ4v) is 2.15. The molecule has 6 heteroatoms. The van der Waals surface area contributed by atoms with Crippen molar-refractivity contribution in [3.63, 3.8) is 0 Å². The van der Waals surface area contributed by atoms with Crippen molar-refractivity contribution < 1.29 is 9.26 Å². The third kappa shape index (κ3) is 2.30. The number of hydrogen-bond donors (Lipinski definition) is 1. The normalized spacial score (nSPS) is 20.2. The van der Waals surface area contributed by atoms with E-state index in [-0.39, 0.29) is 6.10 Å². The van der Waals surface area contributed by atoms with Crippen LogP contribution in [-0.2, 0) is 11.3 Å². The summed E-state index contributed by atoms with van der Waals surface area (Å²) >= 11 is 0. The monoisotopic (exact) mass is 248 g/mol. The molecule has 96 valence electrons. The first-order chi connectivity index (χ1) is 8.83. The Labute approximate surface area is 105 Å². The Bertz CT molecular complexity index is 514. The van der Waals surface area contributed by atoms with Crippen molar-refractivity contribution in [2.24, 2.45) is 0 Å². The lowest BCUT2D eigenvalue weighted by Gasteiger charge is -2.24. The second kappa shape index (κ2) is 4.91. The Balaban J connectivity index is 1.78. The van der Waals surface area contributed by atoms with Gasteiger partial charge in [-0.25, -0.2) is 4.98 Å². The average molecular weight is 248 g/mol. The van der Waals surface area contributed by atoms with Gasteiger partial charge in [-0.05, 0) is 6.92 Å². The van der Waals surface area contributed by atoms with Gasteiger partial charge in [-0.2, -0.15) is 0 Å². The fraction of sp³-hybridized carbons (Fsp3) is 0.500. The summed E-state index contributed by atoms with van der Waals surface area (Å²) < 4.78 is 13.0. The van der Waals surface area contributed by atoms with Crippen LogP contribution in [-0.4, -0.2) is 34.4 Å². The van der Waals surface area contributed by atoms with Gasteiger partial charge in [0, 0.05) is 19.2 Å². The fourth-order valence-electron chi connectivity index (χ4n) is 2.15. The van der Waals surface area contributed by atoms with Gasteiger partial charge in [-0.1, -0.05) is 5.16 Å². The maximum atomic E-state index is 5.74. The number of nitrogens with one attached hydrogen (secondary N) is 1. The van der Waals surface area contributed by atoms with Crippen LogP contribution in [0.25, 0.3) is 0 Å². The van der Waals surface area contributed by atoms with E-state index in [0.29, 0.717) is 6.54 Å². The van der Waals surface area contributed by atoms with Gasteiger partial charge in [0.05, 0.1) is 37.1 Å². The van der Waals surface area contributed by atoms with Crippen molar-refractivity contribution in [3.8, 4) is 0 Å². The van der Waals surface area contributed by atoms with Crippen molar-refractivity contribution in [3.05, 3.63) is 35.7 Å². The molecule has 0 aliphatic carbocycles. The molecule has 3 rings (SSSR count). The maximum absolute atomic E-state index is 5.74. The lowest BCUT2D eigenvalue weighted by Crippen LogP contribution is -2.34. The Morgan fingerprint density at radius 2 is 2.50 bits per heavy atom. The highest BCUT2D eigenvalue weighted by molar-refractivity contribution is 5.09. The number of imidazole rings is 1. The molecular formula is C12H16N4O2. The van der Waals surface area contributed by atoms with E-state index in [9.17, 15) is 0 Å². The summed E-state index contributed by atoms with van der Waals surface area (Å²) in [5.74, 6) is 0.829. The highest BCUT2D eigenvalue weighted by atomic mass is 16.5. The second-order valence-electron chi connectivity index (χ2n) is 4.44. The number of rotatable bonds is 3. The molecule has 1 saturated heterocycles. The first-order valence-corrected chi connectivity index (χ1v) is 6.07. The zero-order valence-electron chi connectivity index (χ0n) is 10.3. The van der Waals surface area contributed by atoms with E-state index in [1.807, 2.05) is 23.8 Å². The van der Waals surface area contributed by atoms with Gasteiger partial charge in [0.25, 0.3) is 0 Å². The summed E-state index contributed by atoms with van der Waals surface area (Å²) in [5.41, 5.74) is 1.96. The average Bonchev–Trinajstić information content (AvgIpc) is 3.00. The molecule has 6 nitrogen and oxygen atoms in total. The number of ether oxygens (including phenoxy) is 1. The van der Waals surface area contributed by atoms with Crippen molar-refractivity contribution in [1.82, 2.24) is 20.0 Å². The zero-order valence-corrected chi connectivity index (χ0v) is 10.3. The molecule has 1 aliphatic heterocycles. The van der Waals surface area contributed by atoms with Crippen LogP contribution in [0.1, 0.15) is 23.3 Å². The molecule has 0 aromatic carbocycles. The van der Waals surface area contributed by atoms with E-state index in [1.54, 1.807) is 6.33 Å². The molecule has 2 aromatic rings. The molecule has 1 aliphatic rings. The summed E-state index contributed by atoms with van der Waals surface area (Å²) in [6.45, 7) is 5.01. The molecule has 3 heterocycles. The number of nitrogens with zero attached hydrogens (tertiary/aromatic N) is 3. The van der Waals surface area contributed by atoms with Crippen LogP contribution in [0, 0.1) is 6.92 Å². The predicted octanol–water partition coefficient (Wildman–Crippen LogP) is 0.889. The molecule has 0 amide bonds. The van der Waals surface area contributed by atoms with Crippen molar-refractivity contribution in [1.29, 1.82) is 0 Å². The minimum Gasteiger partial charge on any atom is -0.369 e. The Hall–Kier alpha value is -1.66. The summed E-state index contributed by atoms with van der Waals surface area (Å²) in [7, 11) is 0. The lowest BCUT2D eigenvalue weighted by atomic mass is 10.2. The van der Waals surface area contributed by atoms with Gasteiger partial charge < -0.3 is 19.1 Å². The van der Waals surface area contributed by atoms with Crippen LogP contribution >= 0.6 is 0 Å². The lowest BCUT2D eigenvalue weighted by molar-refractivity contribution is 0.0229.